The third kappa shape index (κ3) is 7.81. The first kappa shape index (κ1) is 29.7. The van der Waals surface area contributed by atoms with Crippen molar-refractivity contribution in [3.05, 3.63) is 32.9 Å². The van der Waals surface area contributed by atoms with Crippen LogP contribution in [0.4, 0.5) is 0 Å². The van der Waals surface area contributed by atoms with Crippen LogP contribution < -0.4 is 14.8 Å². The Morgan fingerprint density at radius 3 is 2.57 bits per heavy atom. The second kappa shape index (κ2) is 14.3. The first-order chi connectivity index (χ1) is 17.8. The van der Waals surface area contributed by atoms with Crippen molar-refractivity contribution in [3.8, 4) is 11.5 Å². The van der Waals surface area contributed by atoms with Crippen molar-refractivity contribution >= 4 is 34.4 Å². The van der Waals surface area contributed by atoms with Crippen LogP contribution in [-0.4, -0.2) is 77.1 Å². The van der Waals surface area contributed by atoms with Gasteiger partial charge in [0.1, 0.15) is 12.2 Å². The molecule has 0 aliphatic heterocycles. The van der Waals surface area contributed by atoms with E-state index in [-0.39, 0.29) is 43.9 Å². The molecule has 9 nitrogen and oxygen atoms in total. The summed E-state index contributed by atoms with van der Waals surface area (Å²) in [6.45, 7) is 2.39. The number of nitrogens with one attached hydrogen (secondary N) is 1. The van der Waals surface area contributed by atoms with E-state index >= 15 is 0 Å². The summed E-state index contributed by atoms with van der Waals surface area (Å²) < 4.78 is 12.4. The van der Waals surface area contributed by atoms with E-state index in [4.69, 9.17) is 9.47 Å². The first-order valence-corrected chi connectivity index (χ1v) is 14.1. The molecule has 3 atom stereocenters. The highest BCUT2D eigenvalue weighted by Gasteiger charge is 2.43. The van der Waals surface area contributed by atoms with Gasteiger partial charge in [0.25, 0.3) is 0 Å². The molecule has 3 rings (SSSR count). The summed E-state index contributed by atoms with van der Waals surface area (Å²) in [6, 6.07) is 2.81. The fourth-order valence-corrected chi connectivity index (χ4v) is 5.40. The zero-order valence-electron chi connectivity index (χ0n) is 21.6. The average Bonchev–Trinajstić information content (AvgIpc) is 3.75. The molecule has 1 saturated carbocycles. The van der Waals surface area contributed by atoms with Gasteiger partial charge in [-0.1, -0.05) is 26.2 Å². The summed E-state index contributed by atoms with van der Waals surface area (Å²) in [5, 5.41) is 32.9. The number of halogens is 1. The van der Waals surface area contributed by atoms with E-state index in [1.165, 1.54) is 7.11 Å². The molecule has 2 aliphatic rings. The predicted octanol–water partition coefficient (Wildman–Crippen LogP) is 2.53. The molecule has 2 aliphatic carbocycles. The van der Waals surface area contributed by atoms with Crippen LogP contribution in [0.2, 0.25) is 0 Å². The van der Waals surface area contributed by atoms with Crippen LogP contribution in [0.25, 0.3) is 0 Å². The second-order valence-electron chi connectivity index (χ2n) is 9.65. The number of methoxy groups -OCH3 is 1. The van der Waals surface area contributed by atoms with Gasteiger partial charge in [0, 0.05) is 31.0 Å². The molecular formula is C27H39IN2O7. The molecule has 0 aromatic heterocycles. The molecule has 4 N–H and O–H groups in total. The maximum atomic E-state index is 13.3. The lowest BCUT2D eigenvalue weighted by Crippen LogP contribution is -2.55. The van der Waals surface area contributed by atoms with Crippen LogP contribution in [0.3, 0.4) is 0 Å². The predicted molar refractivity (Wildman–Crippen MR) is 147 cm³/mol. The molecule has 1 fully saturated rings. The van der Waals surface area contributed by atoms with Crippen LogP contribution in [0.5, 0.6) is 11.5 Å². The van der Waals surface area contributed by atoms with E-state index in [0.717, 1.165) is 38.5 Å². The Morgan fingerprint density at radius 2 is 1.95 bits per heavy atom. The summed E-state index contributed by atoms with van der Waals surface area (Å²) in [6.07, 6.45) is 5.46. The summed E-state index contributed by atoms with van der Waals surface area (Å²) >= 11 is 2.08. The normalized spacial score (nSPS) is 21.2. The SMILES string of the molecule is CCCCCCN(C(=O)C1CC1)[C@@H]1CC(C(=O)NCCO)=C[C@H](Oc2c(I)cc(CO)cc2OC)[C@H]1O. The number of hydrogen-bond donors (Lipinski definition) is 4. The van der Waals surface area contributed by atoms with E-state index < -0.39 is 18.2 Å². The monoisotopic (exact) mass is 630 g/mol. The molecule has 206 valence electrons. The highest BCUT2D eigenvalue weighted by molar-refractivity contribution is 14.1. The third-order valence-corrected chi connectivity index (χ3v) is 7.60. The van der Waals surface area contributed by atoms with Crippen molar-refractivity contribution in [3.63, 3.8) is 0 Å². The fraction of sp³-hybridized carbons (Fsp3) is 0.630. The number of carbonyl (C=O) groups is 2. The lowest BCUT2D eigenvalue weighted by atomic mass is 9.87. The maximum absolute atomic E-state index is 13.3. The quantitative estimate of drug-likeness (QED) is 0.184. The number of rotatable bonds is 14. The number of aliphatic hydroxyl groups is 3. The summed E-state index contributed by atoms with van der Waals surface area (Å²) in [5.41, 5.74) is 1.06. The van der Waals surface area contributed by atoms with Gasteiger partial charge in [0.15, 0.2) is 11.5 Å². The molecule has 0 heterocycles. The zero-order chi connectivity index (χ0) is 26.9. The van der Waals surface area contributed by atoms with Crippen LogP contribution in [0, 0.1) is 9.49 Å². The Balaban J connectivity index is 1.94. The van der Waals surface area contributed by atoms with E-state index in [1.54, 1.807) is 23.1 Å². The summed E-state index contributed by atoms with van der Waals surface area (Å²) in [5.74, 6) is 0.426. The van der Waals surface area contributed by atoms with Gasteiger partial charge in [-0.15, -0.1) is 0 Å². The number of benzene rings is 1. The van der Waals surface area contributed by atoms with E-state index in [2.05, 4.69) is 34.8 Å². The smallest absolute Gasteiger partial charge is 0.247 e. The molecule has 10 heteroatoms. The lowest BCUT2D eigenvalue weighted by Gasteiger charge is -2.41. The van der Waals surface area contributed by atoms with Crippen molar-refractivity contribution in [1.29, 1.82) is 0 Å². The molecule has 0 unspecified atom stereocenters. The third-order valence-electron chi connectivity index (χ3n) is 6.80. The van der Waals surface area contributed by atoms with Gasteiger partial charge >= 0.3 is 0 Å². The van der Waals surface area contributed by atoms with E-state index in [1.807, 2.05) is 0 Å². The molecular weight excluding hydrogens is 591 g/mol. The largest absolute Gasteiger partial charge is 0.493 e. The Labute approximate surface area is 232 Å². The van der Waals surface area contributed by atoms with Gasteiger partial charge in [0.2, 0.25) is 11.8 Å². The highest BCUT2D eigenvalue weighted by Crippen LogP contribution is 2.38. The van der Waals surface area contributed by atoms with Crippen molar-refractivity contribution in [1.82, 2.24) is 10.2 Å². The standard InChI is InChI=1S/C27H39IN2O7/c1-3-4-5-6-10-30(27(35)18-7-8-18)21-14-19(26(34)29-9-11-31)15-22(24(21)33)37-25-20(28)12-17(16-32)13-23(25)36-2/h12-13,15,18,21-22,24,31-33H,3-11,14,16H2,1-2H3,(H,29,34)/t21-,22+,24+/m1/s1. The highest BCUT2D eigenvalue weighted by atomic mass is 127. The Kier molecular flexibility index (Phi) is 11.5. The van der Waals surface area contributed by atoms with Crippen molar-refractivity contribution in [2.24, 2.45) is 5.92 Å². The van der Waals surface area contributed by atoms with E-state index in [9.17, 15) is 24.9 Å². The van der Waals surface area contributed by atoms with Gasteiger partial charge in [-0.25, -0.2) is 0 Å². The lowest BCUT2D eigenvalue weighted by molar-refractivity contribution is -0.140. The Bertz CT molecular complexity index is 966. The molecule has 37 heavy (non-hydrogen) atoms. The van der Waals surface area contributed by atoms with Crippen molar-refractivity contribution in [2.75, 3.05) is 26.8 Å². The molecule has 2 amide bonds. The van der Waals surface area contributed by atoms with Gasteiger partial charge in [-0.2, -0.15) is 0 Å². The minimum atomic E-state index is -1.07. The zero-order valence-corrected chi connectivity index (χ0v) is 23.8. The number of unbranched alkanes of at least 4 members (excludes halogenated alkanes) is 3. The minimum absolute atomic E-state index is 0.0239. The van der Waals surface area contributed by atoms with Gasteiger partial charge in [-0.05, 0) is 65.6 Å². The Morgan fingerprint density at radius 1 is 1.19 bits per heavy atom. The van der Waals surface area contributed by atoms with Crippen LogP contribution in [-0.2, 0) is 16.2 Å². The number of carbonyl (C=O) groups excluding carboxylic acids is 2. The molecule has 0 spiro atoms. The van der Waals surface area contributed by atoms with Crippen molar-refractivity contribution < 1.29 is 34.4 Å². The van der Waals surface area contributed by atoms with Gasteiger partial charge in [-0.3, -0.25) is 9.59 Å². The number of nitrogens with zero attached hydrogens (tertiary/aromatic N) is 1. The van der Waals surface area contributed by atoms with Crippen LogP contribution in [0.1, 0.15) is 57.4 Å². The minimum Gasteiger partial charge on any atom is -0.493 e. The molecule has 0 bridgehead atoms. The van der Waals surface area contributed by atoms with Crippen LogP contribution in [0.15, 0.2) is 23.8 Å². The number of hydrogen-bond acceptors (Lipinski definition) is 7. The summed E-state index contributed by atoms with van der Waals surface area (Å²) in [4.78, 5) is 28.0. The summed E-state index contributed by atoms with van der Waals surface area (Å²) in [7, 11) is 1.50. The first-order valence-electron chi connectivity index (χ1n) is 13.1. The number of amides is 2. The molecule has 1 aromatic rings. The molecule has 1 aromatic carbocycles. The molecule has 0 radical (unpaired) electrons. The molecule has 0 saturated heterocycles. The Hall–Kier alpha value is -1.89. The number of aliphatic hydroxyl groups excluding tert-OH is 3. The second-order valence-corrected chi connectivity index (χ2v) is 10.8. The van der Waals surface area contributed by atoms with Crippen molar-refractivity contribution in [2.45, 2.75) is 76.7 Å². The van der Waals surface area contributed by atoms with Gasteiger partial charge in [0.05, 0.1) is 29.9 Å². The van der Waals surface area contributed by atoms with Crippen LogP contribution >= 0.6 is 22.6 Å². The van der Waals surface area contributed by atoms with Gasteiger partial charge < -0.3 is 35.0 Å². The maximum Gasteiger partial charge on any atom is 0.247 e. The number of ether oxygens (including phenoxy) is 2. The fourth-order valence-electron chi connectivity index (χ4n) is 4.61. The average molecular weight is 631 g/mol. The van der Waals surface area contributed by atoms with E-state index in [0.29, 0.717) is 32.8 Å². The topological polar surface area (TPSA) is 129 Å².